The van der Waals surface area contributed by atoms with Crippen LogP contribution in [0.25, 0.3) is 0 Å². The largest absolute Gasteiger partial charge is 0.350 e. The molecule has 1 aromatic heterocycles. The molecule has 1 aliphatic heterocycles. The molecular formula is C12H19N3. The first-order valence-corrected chi connectivity index (χ1v) is 5.51. The summed E-state index contributed by atoms with van der Waals surface area (Å²) in [6, 6.07) is 2.14. The number of rotatable bonds is 1. The van der Waals surface area contributed by atoms with Crippen LogP contribution in [0.1, 0.15) is 44.7 Å². The number of nitrogens with zero attached hydrogens (tertiary/aromatic N) is 2. The Morgan fingerprint density at radius 3 is 2.73 bits per heavy atom. The predicted molar refractivity (Wildman–Crippen MR) is 65.8 cm³/mol. The van der Waals surface area contributed by atoms with E-state index in [-0.39, 0.29) is 0 Å². The maximum absolute atomic E-state index is 4.34. The van der Waals surface area contributed by atoms with Crippen LogP contribution in [0, 0.1) is 0 Å². The molecule has 0 amide bonds. The van der Waals surface area contributed by atoms with Gasteiger partial charge in [0.05, 0.1) is 0 Å². The van der Waals surface area contributed by atoms with Crippen LogP contribution in [0.15, 0.2) is 17.3 Å². The van der Waals surface area contributed by atoms with Gasteiger partial charge in [-0.15, -0.1) is 0 Å². The smallest absolute Gasteiger partial charge is 0.136 e. The van der Waals surface area contributed by atoms with Crippen LogP contribution < -0.4 is 5.32 Å². The van der Waals surface area contributed by atoms with Crippen molar-refractivity contribution in [3.63, 3.8) is 0 Å². The van der Waals surface area contributed by atoms with E-state index in [4.69, 9.17) is 0 Å². The maximum Gasteiger partial charge on any atom is 0.136 e. The molecule has 82 valence electrons. The number of aliphatic imine (C=N–C) groups is 1. The van der Waals surface area contributed by atoms with Crippen LogP contribution in [0.2, 0.25) is 0 Å². The first kappa shape index (κ1) is 11.7. The van der Waals surface area contributed by atoms with Crippen molar-refractivity contribution >= 4 is 12.0 Å². The molecule has 2 rings (SSSR count). The molecule has 0 aromatic carbocycles. The van der Waals surface area contributed by atoms with Crippen LogP contribution in [0.5, 0.6) is 0 Å². The van der Waals surface area contributed by atoms with Crippen LogP contribution in [0.4, 0.5) is 5.82 Å². The van der Waals surface area contributed by atoms with Gasteiger partial charge in [-0.3, -0.25) is 4.99 Å². The molecule has 2 heterocycles. The highest BCUT2D eigenvalue weighted by Gasteiger charge is 2.07. The van der Waals surface area contributed by atoms with Crippen LogP contribution in [0.3, 0.4) is 0 Å². The second-order valence-corrected chi connectivity index (χ2v) is 3.51. The molecule has 1 aromatic rings. The number of aromatic nitrogens is 1. The highest BCUT2D eigenvalue weighted by molar-refractivity contribution is 5.88. The zero-order chi connectivity index (χ0) is 11.3. The van der Waals surface area contributed by atoms with Gasteiger partial charge in [-0.25, -0.2) is 4.98 Å². The fourth-order valence-electron chi connectivity index (χ4n) is 1.33. The van der Waals surface area contributed by atoms with Gasteiger partial charge in [-0.2, -0.15) is 0 Å². The number of fused-ring (bicyclic) bond motifs is 1. The van der Waals surface area contributed by atoms with Gasteiger partial charge in [0, 0.05) is 18.0 Å². The lowest BCUT2D eigenvalue weighted by atomic mass is 10.0. The molecule has 15 heavy (non-hydrogen) atoms. The van der Waals surface area contributed by atoms with Crippen molar-refractivity contribution in [2.75, 3.05) is 12.0 Å². The lowest BCUT2D eigenvalue weighted by molar-refractivity contribution is 0.857. The molecule has 0 saturated carbocycles. The van der Waals surface area contributed by atoms with Gasteiger partial charge in [0.25, 0.3) is 0 Å². The molecular weight excluding hydrogens is 186 g/mol. The maximum atomic E-state index is 4.34. The lowest BCUT2D eigenvalue weighted by Crippen LogP contribution is -2.10. The summed E-state index contributed by atoms with van der Waals surface area (Å²) in [7, 11) is 0. The van der Waals surface area contributed by atoms with Gasteiger partial charge in [0.1, 0.15) is 12.5 Å². The van der Waals surface area contributed by atoms with Crippen molar-refractivity contribution in [2.45, 2.75) is 33.6 Å². The summed E-state index contributed by atoms with van der Waals surface area (Å²) in [5.74, 6) is 1.47. The number of nitrogens with one attached hydrogen (secondary N) is 1. The summed E-state index contributed by atoms with van der Waals surface area (Å²) in [6.45, 7) is 8.97. The topological polar surface area (TPSA) is 37.3 Å². The molecule has 0 saturated heterocycles. The zero-order valence-corrected chi connectivity index (χ0v) is 9.91. The normalized spacial score (nSPS) is 12.6. The average molecular weight is 205 g/mol. The summed E-state index contributed by atoms with van der Waals surface area (Å²) in [4.78, 5) is 8.48. The Hall–Kier alpha value is -1.38. The Balaban J connectivity index is 0.000000531. The summed E-state index contributed by atoms with van der Waals surface area (Å²) < 4.78 is 0. The number of pyridine rings is 1. The van der Waals surface area contributed by atoms with Gasteiger partial charge in [-0.1, -0.05) is 27.7 Å². The Bertz CT molecular complexity index is 343. The van der Waals surface area contributed by atoms with E-state index in [1.54, 1.807) is 0 Å². The Morgan fingerprint density at radius 1 is 1.33 bits per heavy atom. The van der Waals surface area contributed by atoms with Gasteiger partial charge in [0.15, 0.2) is 0 Å². The summed E-state index contributed by atoms with van der Waals surface area (Å²) >= 11 is 0. The van der Waals surface area contributed by atoms with E-state index >= 15 is 0 Å². The second kappa shape index (κ2) is 5.49. The van der Waals surface area contributed by atoms with E-state index in [1.807, 2.05) is 26.3 Å². The van der Waals surface area contributed by atoms with Crippen molar-refractivity contribution in [1.82, 2.24) is 4.98 Å². The Labute approximate surface area is 91.7 Å². The molecule has 1 N–H and O–H groups in total. The third kappa shape index (κ3) is 2.78. The van der Waals surface area contributed by atoms with Gasteiger partial charge in [0.2, 0.25) is 0 Å². The third-order valence-electron chi connectivity index (χ3n) is 2.17. The fraction of sp³-hybridized carbons (Fsp3) is 0.500. The van der Waals surface area contributed by atoms with E-state index in [9.17, 15) is 0 Å². The monoisotopic (exact) mass is 205 g/mol. The molecule has 3 nitrogen and oxygen atoms in total. The first-order valence-electron chi connectivity index (χ1n) is 5.51. The third-order valence-corrected chi connectivity index (χ3v) is 2.17. The van der Waals surface area contributed by atoms with Gasteiger partial charge in [-0.05, 0) is 17.5 Å². The van der Waals surface area contributed by atoms with E-state index < -0.39 is 0 Å². The van der Waals surface area contributed by atoms with Crippen molar-refractivity contribution in [3.05, 3.63) is 23.4 Å². The van der Waals surface area contributed by atoms with Gasteiger partial charge >= 0.3 is 0 Å². The van der Waals surface area contributed by atoms with Crippen molar-refractivity contribution < 1.29 is 0 Å². The quantitative estimate of drug-likeness (QED) is 0.765. The average Bonchev–Trinajstić information content (AvgIpc) is 2.31. The van der Waals surface area contributed by atoms with Crippen LogP contribution >= 0.6 is 0 Å². The Morgan fingerprint density at radius 2 is 2.07 bits per heavy atom. The molecule has 0 spiro atoms. The molecule has 0 atom stereocenters. The molecule has 3 heteroatoms. The molecule has 0 radical (unpaired) electrons. The lowest BCUT2D eigenvalue weighted by Gasteiger charge is -2.13. The predicted octanol–water partition coefficient (Wildman–Crippen LogP) is 3.03. The molecule has 0 fully saturated rings. The second-order valence-electron chi connectivity index (χ2n) is 3.51. The minimum atomic E-state index is 0.521. The molecule has 0 aliphatic carbocycles. The Kier molecular flexibility index (Phi) is 4.28. The minimum absolute atomic E-state index is 0.521. The van der Waals surface area contributed by atoms with Crippen molar-refractivity contribution in [1.29, 1.82) is 0 Å². The fourth-order valence-corrected chi connectivity index (χ4v) is 1.33. The van der Waals surface area contributed by atoms with E-state index in [0.717, 1.165) is 11.4 Å². The van der Waals surface area contributed by atoms with E-state index in [0.29, 0.717) is 12.6 Å². The molecule has 1 aliphatic rings. The summed E-state index contributed by atoms with van der Waals surface area (Å²) in [5, 5.41) is 3.12. The zero-order valence-electron chi connectivity index (χ0n) is 9.91. The number of hydrogen-bond donors (Lipinski definition) is 1. The summed E-state index contributed by atoms with van der Waals surface area (Å²) in [6.07, 6.45) is 3.81. The van der Waals surface area contributed by atoms with Crippen LogP contribution in [-0.2, 0) is 0 Å². The van der Waals surface area contributed by atoms with Crippen LogP contribution in [-0.4, -0.2) is 17.9 Å². The highest BCUT2D eigenvalue weighted by Crippen LogP contribution is 2.19. The molecule has 0 bridgehead atoms. The highest BCUT2D eigenvalue weighted by atomic mass is 15.1. The van der Waals surface area contributed by atoms with E-state index in [2.05, 4.69) is 35.2 Å². The van der Waals surface area contributed by atoms with E-state index in [1.165, 1.54) is 5.56 Å². The molecule has 0 unspecified atom stereocenters. The SMILES string of the molecule is CC.CC(C)c1cnc2c(c1)C=NCN2. The first-order chi connectivity index (χ1) is 7.27. The van der Waals surface area contributed by atoms with Gasteiger partial charge < -0.3 is 5.32 Å². The van der Waals surface area contributed by atoms with Crippen molar-refractivity contribution in [3.8, 4) is 0 Å². The van der Waals surface area contributed by atoms with Crippen molar-refractivity contribution in [2.24, 2.45) is 4.99 Å². The summed E-state index contributed by atoms with van der Waals surface area (Å²) in [5.41, 5.74) is 2.35. The number of hydrogen-bond acceptors (Lipinski definition) is 3. The number of anilines is 1. The minimum Gasteiger partial charge on any atom is -0.350 e. The standard InChI is InChI=1S/C10H13N3.C2H6/c1-7(2)8-3-9-4-11-6-13-10(9)12-5-8;1-2/h3-5,7H,6H2,1-2H3,(H,12,13);1-2H3.